The van der Waals surface area contributed by atoms with Crippen molar-refractivity contribution >= 4 is 23.3 Å². The third-order valence-electron chi connectivity index (χ3n) is 3.13. The standard InChI is InChI=1S/C16H12F2N2O5/c1-9(15(21)19-14-6-5-11(17)8-13(14)18)25-16(22)10-3-2-4-12(7-10)20(23)24/h2-9H,1H3,(H,19,21)/t9-/m0/s1. The van der Waals surface area contributed by atoms with Crippen LogP contribution in [0.5, 0.6) is 0 Å². The Kier molecular flexibility index (Phi) is 5.38. The zero-order valence-corrected chi connectivity index (χ0v) is 12.9. The summed E-state index contributed by atoms with van der Waals surface area (Å²) in [5.41, 5.74) is -0.689. The number of carbonyl (C=O) groups excluding carboxylic acids is 2. The zero-order valence-electron chi connectivity index (χ0n) is 12.9. The lowest BCUT2D eigenvalue weighted by Gasteiger charge is -2.14. The summed E-state index contributed by atoms with van der Waals surface area (Å²) >= 11 is 0. The molecule has 0 fully saturated rings. The van der Waals surface area contributed by atoms with Crippen molar-refractivity contribution in [2.24, 2.45) is 0 Å². The van der Waals surface area contributed by atoms with Gasteiger partial charge in [0, 0.05) is 18.2 Å². The summed E-state index contributed by atoms with van der Waals surface area (Å²) in [7, 11) is 0. The van der Waals surface area contributed by atoms with Crippen molar-refractivity contribution in [1.29, 1.82) is 0 Å². The second-order valence-electron chi connectivity index (χ2n) is 4.97. The van der Waals surface area contributed by atoms with Crippen molar-refractivity contribution < 1.29 is 28.0 Å². The predicted octanol–water partition coefficient (Wildman–Crippen LogP) is 3.06. The molecule has 1 atom stereocenters. The van der Waals surface area contributed by atoms with E-state index in [2.05, 4.69) is 5.32 Å². The van der Waals surface area contributed by atoms with E-state index in [0.717, 1.165) is 18.2 Å². The van der Waals surface area contributed by atoms with Crippen LogP contribution in [0.2, 0.25) is 0 Å². The summed E-state index contributed by atoms with van der Waals surface area (Å²) in [5, 5.41) is 12.8. The van der Waals surface area contributed by atoms with E-state index in [1.807, 2.05) is 0 Å². The first-order valence-electron chi connectivity index (χ1n) is 6.99. The predicted molar refractivity (Wildman–Crippen MR) is 83.0 cm³/mol. The molecule has 0 spiro atoms. The molecule has 9 heteroatoms. The van der Waals surface area contributed by atoms with Crippen LogP contribution in [0.4, 0.5) is 20.2 Å². The Labute approximate surface area is 140 Å². The maximum atomic E-state index is 13.5. The van der Waals surface area contributed by atoms with E-state index in [-0.39, 0.29) is 16.9 Å². The van der Waals surface area contributed by atoms with Gasteiger partial charge >= 0.3 is 5.97 Å². The molecule has 2 aromatic carbocycles. The Morgan fingerprint density at radius 1 is 1.20 bits per heavy atom. The minimum atomic E-state index is -1.31. The van der Waals surface area contributed by atoms with E-state index < -0.39 is 34.5 Å². The third kappa shape index (κ3) is 4.56. The number of ether oxygens (including phenoxy) is 1. The number of carbonyl (C=O) groups is 2. The van der Waals surface area contributed by atoms with Crippen molar-refractivity contribution in [3.05, 3.63) is 69.8 Å². The van der Waals surface area contributed by atoms with Gasteiger partial charge in [0.2, 0.25) is 0 Å². The van der Waals surface area contributed by atoms with Crippen LogP contribution < -0.4 is 5.32 Å². The molecule has 25 heavy (non-hydrogen) atoms. The van der Waals surface area contributed by atoms with Gasteiger partial charge in [-0.2, -0.15) is 0 Å². The van der Waals surface area contributed by atoms with E-state index in [1.165, 1.54) is 25.1 Å². The van der Waals surface area contributed by atoms with Crippen LogP contribution in [0.25, 0.3) is 0 Å². The number of nitrogens with zero attached hydrogens (tertiary/aromatic N) is 1. The zero-order chi connectivity index (χ0) is 18.6. The maximum Gasteiger partial charge on any atom is 0.339 e. The van der Waals surface area contributed by atoms with Gasteiger partial charge in [0.25, 0.3) is 11.6 Å². The summed E-state index contributed by atoms with van der Waals surface area (Å²) in [4.78, 5) is 33.9. The van der Waals surface area contributed by atoms with Gasteiger partial charge in [0.15, 0.2) is 6.10 Å². The number of amides is 1. The molecular formula is C16H12F2N2O5. The van der Waals surface area contributed by atoms with Crippen LogP contribution in [-0.4, -0.2) is 22.9 Å². The number of hydrogen-bond acceptors (Lipinski definition) is 5. The molecule has 0 unspecified atom stereocenters. The molecule has 0 aliphatic heterocycles. The van der Waals surface area contributed by atoms with Gasteiger partial charge in [-0.15, -0.1) is 0 Å². The number of hydrogen-bond donors (Lipinski definition) is 1. The van der Waals surface area contributed by atoms with E-state index in [0.29, 0.717) is 6.07 Å². The molecule has 0 radical (unpaired) electrons. The SMILES string of the molecule is C[C@H](OC(=O)c1cccc([N+](=O)[O-])c1)C(=O)Nc1ccc(F)cc1F. The molecule has 1 amide bonds. The summed E-state index contributed by atoms with van der Waals surface area (Å²) in [6.07, 6.45) is -1.31. The number of rotatable bonds is 5. The van der Waals surface area contributed by atoms with Gasteiger partial charge in [-0.05, 0) is 25.1 Å². The number of halogens is 2. The van der Waals surface area contributed by atoms with Gasteiger partial charge in [-0.25, -0.2) is 13.6 Å². The van der Waals surface area contributed by atoms with Gasteiger partial charge in [0.05, 0.1) is 16.2 Å². The first-order chi connectivity index (χ1) is 11.8. The number of anilines is 1. The highest BCUT2D eigenvalue weighted by Gasteiger charge is 2.21. The van der Waals surface area contributed by atoms with Crippen LogP contribution in [0.3, 0.4) is 0 Å². The number of nitro benzene ring substituents is 1. The van der Waals surface area contributed by atoms with Crippen LogP contribution in [0.15, 0.2) is 42.5 Å². The van der Waals surface area contributed by atoms with Crippen LogP contribution >= 0.6 is 0 Å². The summed E-state index contributed by atoms with van der Waals surface area (Å²) < 4.78 is 31.2. The Bertz CT molecular complexity index is 841. The minimum Gasteiger partial charge on any atom is -0.449 e. The number of benzene rings is 2. The lowest BCUT2D eigenvalue weighted by Crippen LogP contribution is -2.30. The second kappa shape index (κ2) is 7.47. The van der Waals surface area contributed by atoms with E-state index in [9.17, 15) is 28.5 Å². The average Bonchev–Trinajstić information content (AvgIpc) is 2.57. The van der Waals surface area contributed by atoms with Crippen LogP contribution in [0, 0.1) is 21.7 Å². The highest BCUT2D eigenvalue weighted by atomic mass is 19.1. The van der Waals surface area contributed by atoms with Crippen LogP contribution in [0.1, 0.15) is 17.3 Å². The monoisotopic (exact) mass is 350 g/mol. The van der Waals surface area contributed by atoms with Crippen molar-refractivity contribution in [3.63, 3.8) is 0 Å². The molecule has 1 N–H and O–H groups in total. The van der Waals surface area contributed by atoms with Crippen molar-refractivity contribution in [1.82, 2.24) is 0 Å². The fraction of sp³-hybridized carbons (Fsp3) is 0.125. The Morgan fingerprint density at radius 2 is 1.92 bits per heavy atom. The fourth-order valence-corrected chi connectivity index (χ4v) is 1.85. The molecule has 0 aliphatic carbocycles. The van der Waals surface area contributed by atoms with E-state index in [4.69, 9.17) is 4.74 Å². The molecule has 2 aromatic rings. The summed E-state index contributed by atoms with van der Waals surface area (Å²) in [5.74, 6) is -3.58. The lowest BCUT2D eigenvalue weighted by atomic mass is 10.2. The molecule has 0 aromatic heterocycles. The normalized spacial score (nSPS) is 11.5. The topological polar surface area (TPSA) is 98.5 Å². The van der Waals surface area contributed by atoms with Gasteiger partial charge in [0.1, 0.15) is 11.6 Å². The largest absolute Gasteiger partial charge is 0.449 e. The molecule has 0 heterocycles. The molecule has 2 rings (SSSR count). The van der Waals surface area contributed by atoms with E-state index >= 15 is 0 Å². The van der Waals surface area contributed by atoms with Crippen molar-refractivity contribution in [3.8, 4) is 0 Å². The Hall–Kier alpha value is -3.36. The number of nitrogens with one attached hydrogen (secondary N) is 1. The summed E-state index contributed by atoms with van der Waals surface area (Å²) in [6, 6.07) is 7.37. The molecule has 0 saturated heterocycles. The van der Waals surface area contributed by atoms with Crippen molar-refractivity contribution in [2.45, 2.75) is 13.0 Å². The minimum absolute atomic E-state index is 0.109. The highest BCUT2D eigenvalue weighted by Crippen LogP contribution is 2.17. The quantitative estimate of drug-likeness (QED) is 0.508. The van der Waals surface area contributed by atoms with Crippen LogP contribution in [-0.2, 0) is 9.53 Å². The first-order valence-corrected chi connectivity index (χ1v) is 6.99. The molecular weight excluding hydrogens is 338 g/mol. The fourth-order valence-electron chi connectivity index (χ4n) is 1.85. The van der Waals surface area contributed by atoms with Gasteiger partial charge < -0.3 is 10.1 Å². The van der Waals surface area contributed by atoms with Gasteiger partial charge in [-0.1, -0.05) is 6.07 Å². The number of esters is 1. The average molecular weight is 350 g/mol. The summed E-state index contributed by atoms with van der Waals surface area (Å²) in [6.45, 7) is 1.24. The number of non-ortho nitro benzene ring substituents is 1. The van der Waals surface area contributed by atoms with Gasteiger partial charge in [-0.3, -0.25) is 14.9 Å². The molecule has 0 bridgehead atoms. The maximum absolute atomic E-state index is 13.5. The Balaban J connectivity index is 2.04. The number of nitro groups is 1. The molecule has 0 saturated carbocycles. The lowest BCUT2D eigenvalue weighted by molar-refractivity contribution is -0.384. The Morgan fingerprint density at radius 3 is 2.56 bits per heavy atom. The van der Waals surface area contributed by atoms with E-state index in [1.54, 1.807) is 0 Å². The first kappa shape index (κ1) is 18.0. The highest BCUT2D eigenvalue weighted by molar-refractivity contribution is 5.97. The second-order valence-corrected chi connectivity index (χ2v) is 4.97. The molecule has 0 aliphatic rings. The smallest absolute Gasteiger partial charge is 0.339 e. The molecule has 7 nitrogen and oxygen atoms in total. The third-order valence-corrected chi connectivity index (χ3v) is 3.13. The van der Waals surface area contributed by atoms with Crippen molar-refractivity contribution in [2.75, 3.05) is 5.32 Å². The molecule has 130 valence electrons.